The predicted octanol–water partition coefficient (Wildman–Crippen LogP) is 1.51. The van der Waals surface area contributed by atoms with E-state index in [2.05, 4.69) is 10.5 Å². The zero-order valence-corrected chi connectivity index (χ0v) is 14.6. The molecule has 136 valence electrons. The summed E-state index contributed by atoms with van der Waals surface area (Å²) in [4.78, 5) is 22.4. The summed E-state index contributed by atoms with van der Waals surface area (Å²) in [6, 6.07) is 14.0. The molecule has 0 radical (unpaired) electrons. The van der Waals surface area contributed by atoms with E-state index in [-0.39, 0.29) is 11.3 Å². The van der Waals surface area contributed by atoms with Crippen LogP contribution in [0.5, 0.6) is 0 Å². The van der Waals surface area contributed by atoms with Gasteiger partial charge in [0.15, 0.2) is 0 Å². The van der Waals surface area contributed by atoms with Crippen LogP contribution in [0, 0.1) is 10.1 Å². The van der Waals surface area contributed by atoms with E-state index in [1.807, 2.05) is 0 Å². The Hall–Kier alpha value is -3.27. The SMILES string of the molecule is CS(=O)(=O)N(CC(=O)N/N=C\c1ccccc1[N+](=O)[O-])c1ccccc1. The minimum Gasteiger partial charge on any atom is -0.271 e. The summed E-state index contributed by atoms with van der Waals surface area (Å²) in [6.07, 6.45) is 2.12. The van der Waals surface area contributed by atoms with Crippen molar-refractivity contribution < 1.29 is 18.1 Å². The second kappa shape index (κ2) is 8.21. The van der Waals surface area contributed by atoms with Crippen LogP contribution in [-0.2, 0) is 14.8 Å². The maximum absolute atomic E-state index is 12.0. The van der Waals surface area contributed by atoms with Crippen LogP contribution in [0.1, 0.15) is 5.56 Å². The Morgan fingerprint density at radius 3 is 2.42 bits per heavy atom. The van der Waals surface area contributed by atoms with Gasteiger partial charge < -0.3 is 0 Å². The molecule has 0 saturated carbocycles. The first-order valence-corrected chi connectivity index (χ1v) is 9.22. The molecule has 1 amide bonds. The molecule has 0 bridgehead atoms. The van der Waals surface area contributed by atoms with Gasteiger partial charge in [-0.05, 0) is 18.2 Å². The number of carbonyl (C=O) groups is 1. The van der Waals surface area contributed by atoms with Gasteiger partial charge in [0.05, 0.1) is 28.6 Å². The smallest absolute Gasteiger partial charge is 0.271 e. The van der Waals surface area contributed by atoms with Crippen LogP contribution < -0.4 is 9.73 Å². The Kier molecular flexibility index (Phi) is 6.02. The van der Waals surface area contributed by atoms with Gasteiger partial charge >= 0.3 is 0 Å². The van der Waals surface area contributed by atoms with Crippen LogP contribution in [0.3, 0.4) is 0 Å². The quantitative estimate of drug-likeness (QED) is 0.446. The van der Waals surface area contributed by atoms with Gasteiger partial charge in [-0.2, -0.15) is 5.10 Å². The van der Waals surface area contributed by atoms with Gasteiger partial charge in [-0.15, -0.1) is 0 Å². The molecule has 0 fully saturated rings. The maximum atomic E-state index is 12.0. The van der Waals surface area contributed by atoms with Crippen molar-refractivity contribution in [2.45, 2.75) is 0 Å². The minimum absolute atomic E-state index is 0.160. The van der Waals surface area contributed by atoms with Crippen molar-refractivity contribution in [3.8, 4) is 0 Å². The number of nitro benzene ring substituents is 1. The lowest BCUT2D eigenvalue weighted by Crippen LogP contribution is -2.38. The molecule has 0 saturated heterocycles. The van der Waals surface area contributed by atoms with E-state index in [1.165, 1.54) is 18.2 Å². The molecule has 0 aliphatic heterocycles. The first-order valence-electron chi connectivity index (χ1n) is 7.37. The highest BCUT2D eigenvalue weighted by molar-refractivity contribution is 7.92. The van der Waals surface area contributed by atoms with E-state index in [9.17, 15) is 23.3 Å². The number of sulfonamides is 1. The molecule has 0 aliphatic rings. The molecule has 0 aliphatic carbocycles. The number of anilines is 1. The van der Waals surface area contributed by atoms with E-state index >= 15 is 0 Å². The highest BCUT2D eigenvalue weighted by Gasteiger charge is 2.20. The number of benzene rings is 2. The third-order valence-electron chi connectivity index (χ3n) is 3.26. The zero-order valence-electron chi connectivity index (χ0n) is 13.8. The fourth-order valence-corrected chi connectivity index (χ4v) is 2.95. The molecule has 2 aromatic rings. The molecular weight excluding hydrogens is 360 g/mol. The molecule has 26 heavy (non-hydrogen) atoms. The van der Waals surface area contributed by atoms with Crippen LogP contribution in [0.2, 0.25) is 0 Å². The first kappa shape index (κ1) is 19.1. The first-order chi connectivity index (χ1) is 12.3. The average molecular weight is 376 g/mol. The number of hydrogen-bond donors (Lipinski definition) is 1. The monoisotopic (exact) mass is 376 g/mol. The van der Waals surface area contributed by atoms with Crippen LogP contribution in [-0.4, -0.2) is 38.3 Å². The molecule has 2 rings (SSSR count). The van der Waals surface area contributed by atoms with Crippen LogP contribution in [0.15, 0.2) is 59.7 Å². The number of nitro groups is 1. The number of para-hydroxylation sites is 2. The van der Waals surface area contributed by atoms with Gasteiger partial charge in [-0.1, -0.05) is 30.3 Å². The Balaban J connectivity index is 2.09. The van der Waals surface area contributed by atoms with Gasteiger partial charge in [0.2, 0.25) is 10.0 Å². The van der Waals surface area contributed by atoms with Crippen molar-refractivity contribution in [3.63, 3.8) is 0 Å². The Labute approximate surface area is 150 Å². The molecule has 0 spiro atoms. The number of hydrogen-bond acceptors (Lipinski definition) is 6. The number of rotatable bonds is 7. The summed E-state index contributed by atoms with van der Waals surface area (Å²) >= 11 is 0. The Bertz CT molecular complexity index is 929. The van der Waals surface area contributed by atoms with E-state index in [4.69, 9.17) is 0 Å². The van der Waals surface area contributed by atoms with Crippen molar-refractivity contribution in [2.75, 3.05) is 17.1 Å². The molecule has 9 nitrogen and oxygen atoms in total. The third kappa shape index (κ3) is 5.11. The predicted molar refractivity (Wildman–Crippen MR) is 97.5 cm³/mol. The molecule has 0 atom stereocenters. The summed E-state index contributed by atoms with van der Waals surface area (Å²) in [6.45, 7) is -0.475. The van der Waals surface area contributed by atoms with E-state index in [0.717, 1.165) is 16.8 Å². The van der Waals surface area contributed by atoms with E-state index in [1.54, 1.807) is 36.4 Å². The van der Waals surface area contributed by atoms with Gasteiger partial charge in [0.25, 0.3) is 11.6 Å². The van der Waals surface area contributed by atoms with Crippen molar-refractivity contribution in [1.29, 1.82) is 0 Å². The number of carbonyl (C=O) groups excluding carboxylic acids is 1. The van der Waals surface area contributed by atoms with Crippen molar-refractivity contribution in [2.24, 2.45) is 5.10 Å². The Morgan fingerprint density at radius 1 is 1.19 bits per heavy atom. The highest BCUT2D eigenvalue weighted by atomic mass is 32.2. The Morgan fingerprint density at radius 2 is 1.81 bits per heavy atom. The number of amides is 1. The lowest BCUT2D eigenvalue weighted by Gasteiger charge is -2.21. The topological polar surface area (TPSA) is 122 Å². The second-order valence-electron chi connectivity index (χ2n) is 5.21. The summed E-state index contributed by atoms with van der Waals surface area (Å²) in [5.41, 5.74) is 2.56. The molecule has 0 heterocycles. The molecule has 0 unspecified atom stereocenters. The largest absolute Gasteiger partial charge is 0.278 e. The number of nitrogens with zero attached hydrogens (tertiary/aromatic N) is 3. The highest BCUT2D eigenvalue weighted by Crippen LogP contribution is 2.16. The summed E-state index contributed by atoms with van der Waals surface area (Å²) < 4.78 is 24.8. The lowest BCUT2D eigenvalue weighted by atomic mass is 10.2. The normalized spacial score (nSPS) is 11.3. The molecule has 2 aromatic carbocycles. The fourth-order valence-electron chi connectivity index (χ4n) is 2.10. The third-order valence-corrected chi connectivity index (χ3v) is 4.40. The fraction of sp³-hybridized carbons (Fsp3) is 0.125. The molecule has 1 N–H and O–H groups in total. The lowest BCUT2D eigenvalue weighted by molar-refractivity contribution is -0.385. The van der Waals surface area contributed by atoms with Gasteiger partial charge in [0.1, 0.15) is 6.54 Å². The average Bonchev–Trinajstić information content (AvgIpc) is 2.60. The second-order valence-corrected chi connectivity index (χ2v) is 7.12. The van der Waals surface area contributed by atoms with E-state index in [0.29, 0.717) is 5.69 Å². The molecular formula is C16H16N4O5S. The van der Waals surface area contributed by atoms with Crippen LogP contribution in [0.4, 0.5) is 11.4 Å². The summed E-state index contributed by atoms with van der Waals surface area (Å²) in [5.74, 6) is -0.686. The van der Waals surface area contributed by atoms with E-state index < -0.39 is 27.4 Å². The van der Waals surface area contributed by atoms with Gasteiger partial charge in [-0.3, -0.25) is 19.2 Å². The van der Waals surface area contributed by atoms with Crippen molar-refractivity contribution >= 4 is 33.5 Å². The molecule has 0 aromatic heterocycles. The number of hydrazone groups is 1. The van der Waals surface area contributed by atoms with Gasteiger partial charge in [0, 0.05) is 6.07 Å². The van der Waals surface area contributed by atoms with Crippen molar-refractivity contribution in [3.05, 3.63) is 70.3 Å². The standard InChI is InChI=1S/C16H16N4O5S/c1-26(24,25)19(14-8-3-2-4-9-14)12-16(21)18-17-11-13-7-5-6-10-15(13)20(22)23/h2-11H,12H2,1H3,(H,18,21)/b17-11-. The van der Waals surface area contributed by atoms with Crippen molar-refractivity contribution in [1.82, 2.24) is 5.43 Å². The maximum Gasteiger partial charge on any atom is 0.278 e. The van der Waals surface area contributed by atoms with Gasteiger partial charge in [-0.25, -0.2) is 13.8 Å². The molecule has 10 heteroatoms. The number of nitrogens with one attached hydrogen (secondary N) is 1. The minimum atomic E-state index is -3.68. The van der Waals surface area contributed by atoms with Crippen LogP contribution in [0.25, 0.3) is 0 Å². The van der Waals surface area contributed by atoms with Crippen LogP contribution >= 0.6 is 0 Å². The summed E-state index contributed by atoms with van der Waals surface area (Å²) in [7, 11) is -3.68. The summed E-state index contributed by atoms with van der Waals surface area (Å²) in [5, 5.41) is 14.6. The zero-order chi connectivity index (χ0) is 19.2.